The molecule has 0 spiro atoms. The number of hydrogen-bond acceptors (Lipinski definition) is 2. The second-order valence-corrected chi connectivity index (χ2v) is 5.94. The van der Waals surface area contributed by atoms with E-state index in [1.807, 2.05) is 6.07 Å². The van der Waals surface area contributed by atoms with Gasteiger partial charge in [-0.05, 0) is 43.7 Å². The first-order valence-electron chi connectivity index (χ1n) is 7.79. The van der Waals surface area contributed by atoms with Gasteiger partial charge in [-0.1, -0.05) is 18.2 Å². The standard InChI is InChI=1S/C19H21FN2O/c1-13(2)22-17(12-23-18-5-3-4-16(20)10-18)9-15-7-6-14(11-21)8-19(15)22/h3-10,13H,11-12,21H2,1-2H3. The van der Waals surface area contributed by atoms with Gasteiger partial charge in [0.1, 0.15) is 18.2 Å². The van der Waals surface area contributed by atoms with Crippen molar-refractivity contribution in [1.29, 1.82) is 0 Å². The number of fused-ring (bicyclic) bond motifs is 1. The van der Waals surface area contributed by atoms with E-state index in [4.69, 9.17) is 10.5 Å². The van der Waals surface area contributed by atoms with E-state index < -0.39 is 0 Å². The molecule has 1 heterocycles. The van der Waals surface area contributed by atoms with E-state index in [1.54, 1.807) is 12.1 Å². The molecule has 0 aliphatic rings. The molecular formula is C19H21FN2O. The maximum atomic E-state index is 13.3. The van der Waals surface area contributed by atoms with Crippen LogP contribution in [0.2, 0.25) is 0 Å². The lowest BCUT2D eigenvalue weighted by Crippen LogP contribution is -2.08. The number of nitrogens with zero attached hydrogens (tertiary/aromatic N) is 1. The topological polar surface area (TPSA) is 40.2 Å². The van der Waals surface area contributed by atoms with E-state index in [0.29, 0.717) is 24.9 Å². The Morgan fingerprint density at radius 1 is 1.13 bits per heavy atom. The average molecular weight is 312 g/mol. The third-order valence-electron chi connectivity index (χ3n) is 3.92. The minimum atomic E-state index is -0.292. The minimum absolute atomic E-state index is 0.292. The molecule has 0 aliphatic heterocycles. The summed E-state index contributed by atoms with van der Waals surface area (Å²) in [6, 6.07) is 14.9. The summed E-state index contributed by atoms with van der Waals surface area (Å²) >= 11 is 0. The van der Waals surface area contributed by atoms with E-state index in [9.17, 15) is 4.39 Å². The number of aromatic nitrogens is 1. The molecule has 0 bridgehead atoms. The molecule has 3 rings (SSSR count). The number of rotatable bonds is 5. The molecule has 2 N–H and O–H groups in total. The monoisotopic (exact) mass is 312 g/mol. The molecule has 0 saturated heterocycles. The summed E-state index contributed by atoms with van der Waals surface area (Å²) in [5.74, 6) is 0.243. The summed E-state index contributed by atoms with van der Waals surface area (Å²) in [4.78, 5) is 0. The van der Waals surface area contributed by atoms with Crippen LogP contribution in [0.5, 0.6) is 5.75 Å². The van der Waals surface area contributed by atoms with Gasteiger partial charge in [0.05, 0.1) is 5.69 Å². The summed E-state index contributed by atoms with van der Waals surface area (Å²) in [5, 5.41) is 1.16. The van der Waals surface area contributed by atoms with Crippen molar-refractivity contribution in [3.63, 3.8) is 0 Å². The van der Waals surface area contributed by atoms with Crippen molar-refractivity contribution in [2.45, 2.75) is 33.0 Å². The van der Waals surface area contributed by atoms with Gasteiger partial charge in [-0.25, -0.2) is 4.39 Å². The molecule has 3 nitrogen and oxygen atoms in total. The van der Waals surface area contributed by atoms with Crippen LogP contribution in [0, 0.1) is 5.82 Å². The average Bonchev–Trinajstić information content (AvgIpc) is 2.90. The molecule has 0 amide bonds. The van der Waals surface area contributed by atoms with Gasteiger partial charge >= 0.3 is 0 Å². The largest absolute Gasteiger partial charge is 0.487 e. The number of halogens is 1. The predicted octanol–water partition coefficient (Wildman–Crippen LogP) is 4.40. The number of nitrogens with two attached hydrogens (primary N) is 1. The second-order valence-electron chi connectivity index (χ2n) is 5.94. The third kappa shape index (κ3) is 3.22. The van der Waals surface area contributed by atoms with Gasteiger partial charge in [0, 0.05) is 29.6 Å². The Balaban J connectivity index is 1.94. The molecule has 120 valence electrons. The lowest BCUT2D eigenvalue weighted by atomic mass is 10.1. The zero-order valence-corrected chi connectivity index (χ0v) is 13.4. The molecule has 0 radical (unpaired) electrons. The van der Waals surface area contributed by atoms with Crippen LogP contribution in [0.15, 0.2) is 48.5 Å². The van der Waals surface area contributed by atoms with Crippen molar-refractivity contribution in [3.8, 4) is 5.75 Å². The lowest BCUT2D eigenvalue weighted by Gasteiger charge is -2.15. The minimum Gasteiger partial charge on any atom is -0.487 e. The van der Waals surface area contributed by atoms with E-state index in [-0.39, 0.29) is 5.82 Å². The van der Waals surface area contributed by atoms with Gasteiger partial charge in [0.25, 0.3) is 0 Å². The van der Waals surface area contributed by atoms with Crippen LogP contribution in [0.4, 0.5) is 4.39 Å². The summed E-state index contributed by atoms with van der Waals surface area (Å²) in [6.45, 7) is 5.20. The summed E-state index contributed by atoms with van der Waals surface area (Å²) < 4.78 is 21.3. The normalized spacial score (nSPS) is 11.3. The Morgan fingerprint density at radius 3 is 2.65 bits per heavy atom. The maximum Gasteiger partial charge on any atom is 0.128 e. The van der Waals surface area contributed by atoms with Crippen molar-refractivity contribution in [2.75, 3.05) is 0 Å². The fraction of sp³-hybridized carbons (Fsp3) is 0.263. The van der Waals surface area contributed by atoms with Crippen LogP contribution in [-0.4, -0.2) is 4.57 Å². The molecule has 0 saturated carbocycles. The number of hydrogen-bond donors (Lipinski definition) is 1. The quantitative estimate of drug-likeness (QED) is 0.758. The van der Waals surface area contributed by atoms with Crippen LogP contribution in [0.1, 0.15) is 31.1 Å². The molecule has 0 unspecified atom stereocenters. The Kier molecular flexibility index (Phi) is 4.35. The lowest BCUT2D eigenvalue weighted by molar-refractivity contribution is 0.291. The number of ether oxygens (including phenoxy) is 1. The van der Waals surface area contributed by atoms with Crippen molar-refractivity contribution in [2.24, 2.45) is 5.73 Å². The smallest absolute Gasteiger partial charge is 0.128 e. The zero-order valence-electron chi connectivity index (χ0n) is 13.4. The van der Waals surface area contributed by atoms with Gasteiger partial charge in [0.15, 0.2) is 0 Å². The van der Waals surface area contributed by atoms with E-state index in [1.165, 1.54) is 12.1 Å². The highest BCUT2D eigenvalue weighted by Gasteiger charge is 2.12. The van der Waals surface area contributed by atoms with Crippen molar-refractivity contribution >= 4 is 10.9 Å². The third-order valence-corrected chi connectivity index (χ3v) is 3.92. The SMILES string of the molecule is CC(C)n1c(COc2cccc(F)c2)cc2ccc(CN)cc21. The Labute approximate surface area is 135 Å². The van der Waals surface area contributed by atoms with E-state index >= 15 is 0 Å². The van der Waals surface area contributed by atoms with Crippen molar-refractivity contribution in [1.82, 2.24) is 4.57 Å². The Morgan fingerprint density at radius 2 is 1.96 bits per heavy atom. The molecule has 3 aromatic rings. The molecule has 1 aromatic heterocycles. The van der Waals surface area contributed by atoms with Crippen LogP contribution >= 0.6 is 0 Å². The van der Waals surface area contributed by atoms with Crippen LogP contribution in [-0.2, 0) is 13.2 Å². The first kappa shape index (κ1) is 15.6. The summed E-state index contributed by atoms with van der Waals surface area (Å²) in [5.41, 5.74) is 9.08. The van der Waals surface area contributed by atoms with Gasteiger partial charge in [-0.2, -0.15) is 0 Å². The van der Waals surface area contributed by atoms with Gasteiger partial charge in [-0.3, -0.25) is 0 Å². The first-order chi connectivity index (χ1) is 11.1. The molecular weight excluding hydrogens is 291 g/mol. The van der Waals surface area contributed by atoms with Crippen molar-refractivity contribution < 1.29 is 9.13 Å². The van der Waals surface area contributed by atoms with Gasteiger partial charge in [-0.15, -0.1) is 0 Å². The zero-order chi connectivity index (χ0) is 16.4. The van der Waals surface area contributed by atoms with Crippen LogP contribution in [0.3, 0.4) is 0 Å². The molecule has 0 aliphatic carbocycles. The maximum absolute atomic E-state index is 13.3. The highest BCUT2D eigenvalue weighted by Crippen LogP contribution is 2.26. The van der Waals surface area contributed by atoms with Gasteiger partial charge < -0.3 is 15.0 Å². The fourth-order valence-electron chi connectivity index (χ4n) is 2.89. The highest BCUT2D eigenvalue weighted by molar-refractivity contribution is 5.82. The molecule has 23 heavy (non-hydrogen) atoms. The molecule has 0 atom stereocenters. The summed E-state index contributed by atoms with van der Waals surface area (Å²) in [6.07, 6.45) is 0. The van der Waals surface area contributed by atoms with Crippen LogP contribution in [0.25, 0.3) is 10.9 Å². The predicted molar refractivity (Wildman–Crippen MR) is 90.9 cm³/mol. The molecule has 4 heteroatoms. The van der Waals surface area contributed by atoms with E-state index in [0.717, 1.165) is 22.2 Å². The Bertz CT molecular complexity index is 823. The summed E-state index contributed by atoms with van der Waals surface area (Å²) in [7, 11) is 0. The second kappa shape index (κ2) is 6.42. The highest BCUT2D eigenvalue weighted by atomic mass is 19.1. The number of benzene rings is 2. The van der Waals surface area contributed by atoms with E-state index in [2.05, 4.69) is 36.6 Å². The first-order valence-corrected chi connectivity index (χ1v) is 7.79. The molecule has 2 aromatic carbocycles. The van der Waals surface area contributed by atoms with Gasteiger partial charge in [0.2, 0.25) is 0 Å². The van der Waals surface area contributed by atoms with Crippen molar-refractivity contribution in [3.05, 3.63) is 65.6 Å². The Hall–Kier alpha value is -2.33. The fourth-order valence-corrected chi connectivity index (χ4v) is 2.89. The molecule has 0 fully saturated rings. The van der Waals surface area contributed by atoms with Crippen LogP contribution < -0.4 is 10.5 Å².